The molecule has 0 bridgehead atoms. The first kappa shape index (κ1) is 11.3. The zero-order valence-electron chi connectivity index (χ0n) is 7.47. The van der Waals surface area contributed by atoms with Crippen molar-refractivity contribution < 1.29 is 26.3 Å². The second-order valence-electron chi connectivity index (χ2n) is 2.73. The predicted molar refractivity (Wildman–Crippen MR) is 42.4 cm³/mol. The SMILES string of the molecule is CC(=O)c1ccc(C)[n+](C)c1.[Br-]. The highest BCUT2D eigenvalue weighted by Gasteiger charge is 2.05. The summed E-state index contributed by atoms with van der Waals surface area (Å²) < 4.78 is 1.94. The maximum atomic E-state index is 10.9. The number of carbonyl (C=O) groups excluding carboxylic acids is 1. The second kappa shape index (κ2) is 4.36. The van der Waals surface area contributed by atoms with Gasteiger partial charge < -0.3 is 17.0 Å². The van der Waals surface area contributed by atoms with Crippen LogP contribution in [0, 0.1) is 6.92 Å². The number of aromatic nitrogens is 1. The van der Waals surface area contributed by atoms with Gasteiger partial charge >= 0.3 is 0 Å². The molecule has 0 aromatic carbocycles. The number of hydrogen-bond donors (Lipinski definition) is 0. The van der Waals surface area contributed by atoms with E-state index in [4.69, 9.17) is 0 Å². The first-order chi connectivity index (χ1) is 5.11. The Bertz CT molecular complexity index is 297. The van der Waals surface area contributed by atoms with Crippen molar-refractivity contribution in [1.82, 2.24) is 0 Å². The predicted octanol–water partition coefficient (Wildman–Crippen LogP) is -1.97. The summed E-state index contributed by atoms with van der Waals surface area (Å²) in [6.45, 7) is 3.58. The van der Waals surface area contributed by atoms with E-state index in [1.165, 1.54) is 0 Å². The van der Waals surface area contributed by atoms with Crippen LogP contribution in [0.4, 0.5) is 0 Å². The number of rotatable bonds is 1. The molecular formula is C9H12BrNO. The molecule has 0 radical (unpaired) electrons. The van der Waals surface area contributed by atoms with Crippen LogP contribution in [0.25, 0.3) is 0 Å². The number of ketones is 1. The normalized spacial score (nSPS) is 8.92. The topological polar surface area (TPSA) is 20.9 Å². The number of hydrogen-bond acceptors (Lipinski definition) is 1. The molecule has 1 rings (SSSR count). The molecule has 0 unspecified atom stereocenters. The molecule has 0 amide bonds. The lowest BCUT2D eigenvalue weighted by Gasteiger charge is -1.94. The molecule has 0 spiro atoms. The second-order valence-corrected chi connectivity index (χ2v) is 2.73. The van der Waals surface area contributed by atoms with Crippen molar-refractivity contribution in [2.24, 2.45) is 7.05 Å². The molecular weight excluding hydrogens is 218 g/mol. The maximum Gasteiger partial charge on any atom is 0.179 e. The van der Waals surface area contributed by atoms with Gasteiger partial charge in [-0.05, 0) is 13.0 Å². The number of carbonyl (C=O) groups is 1. The van der Waals surface area contributed by atoms with Crippen LogP contribution in [-0.2, 0) is 7.05 Å². The minimum Gasteiger partial charge on any atom is -1.00 e. The van der Waals surface area contributed by atoms with Crippen LogP contribution < -0.4 is 21.5 Å². The summed E-state index contributed by atoms with van der Waals surface area (Å²) in [5.74, 6) is 0.112. The Morgan fingerprint density at radius 3 is 2.42 bits per heavy atom. The van der Waals surface area contributed by atoms with Gasteiger partial charge in [0.15, 0.2) is 17.7 Å². The summed E-state index contributed by atoms with van der Waals surface area (Å²) in [7, 11) is 1.93. The molecule has 12 heavy (non-hydrogen) atoms. The lowest BCUT2D eigenvalue weighted by Crippen LogP contribution is -3.00. The van der Waals surface area contributed by atoms with E-state index in [2.05, 4.69) is 0 Å². The van der Waals surface area contributed by atoms with Crippen molar-refractivity contribution in [3.05, 3.63) is 29.6 Å². The van der Waals surface area contributed by atoms with Crippen molar-refractivity contribution in [1.29, 1.82) is 0 Å². The van der Waals surface area contributed by atoms with Crippen LogP contribution in [0.15, 0.2) is 18.3 Å². The van der Waals surface area contributed by atoms with Gasteiger partial charge in [-0.1, -0.05) is 0 Å². The van der Waals surface area contributed by atoms with Crippen molar-refractivity contribution in [3.8, 4) is 0 Å². The largest absolute Gasteiger partial charge is 1.00 e. The minimum absolute atomic E-state index is 0. The van der Waals surface area contributed by atoms with Crippen molar-refractivity contribution in [3.63, 3.8) is 0 Å². The highest BCUT2D eigenvalue weighted by molar-refractivity contribution is 5.93. The van der Waals surface area contributed by atoms with Crippen molar-refractivity contribution in [2.75, 3.05) is 0 Å². The van der Waals surface area contributed by atoms with Crippen molar-refractivity contribution in [2.45, 2.75) is 13.8 Å². The molecule has 66 valence electrons. The number of nitrogens with zero attached hydrogens (tertiary/aromatic N) is 1. The monoisotopic (exact) mass is 229 g/mol. The summed E-state index contributed by atoms with van der Waals surface area (Å²) in [5, 5.41) is 0. The highest BCUT2D eigenvalue weighted by atomic mass is 79.9. The van der Waals surface area contributed by atoms with Gasteiger partial charge in [-0.25, -0.2) is 4.57 Å². The van der Waals surface area contributed by atoms with Crippen LogP contribution in [0.3, 0.4) is 0 Å². The molecule has 0 atom stereocenters. The van der Waals surface area contributed by atoms with Gasteiger partial charge in [-0.15, -0.1) is 0 Å². The molecule has 2 nitrogen and oxygen atoms in total. The number of aryl methyl sites for hydroxylation is 2. The molecule has 1 aromatic rings. The zero-order chi connectivity index (χ0) is 8.43. The number of Topliss-reactive ketones (excluding diaryl/α,β-unsaturated/α-hetero) is 1. The third kappa shape index (κ3) is 2.41. The maximum absolute atomic E-state index is 10.9. The standard InChI is InChI=1S/C9H12NO.BrH/c1-7-4-5-9(8(2)11)6-10(7)3;/h4-6H,1-3H3;1H/q+1;/p-1. The molecule has 0 aliphatic heterocycles. The Hall–Kier alpha value is -0.700. The Labute approximate surface area is 83.0 Å². The van der Waals surface area contributed by atoms with E-state index >= 15 is 0 Å². The first-order valence-corrected chi connectivity index (χ1v) is 3.58. The molecule has 0 saturated carbocycles. The Morgan fingerprint density at radius 1 is 1.42 bits per heavy atom. The quantitative estimate of drug-likeness (QED) is 0.405. The molecule has 3 heteroatoms. The summed E-state index contributed by atoms with van der Waals surface area (Å²) in [6.07, 6.45) is 1.84. The third-order valence-electron chi connectivity index (χ3n) is 1.80. The average Bonchev–Trinajstić information content (AvgIpc) is 1.94. The third-order valence-corrected chi connectivity index (χ3v) is 1.80. The lowest BCUT2D eigenvalue weighted by atomic mass is 10.2. The molecule has 0 fully saturated rings. The van der Waals surface area contributed by atoms with E-state index in [0.29, 0.717) is 0 Å². The number of halogens is 1. The Kier molecular flexibility index (Phi) is 4.10. The average molecular weight is 230 g/mol. The van der Waals surface area contributed by atoms with E-state index in [-0.39, 0.29) is 22.8 Å². The van der Waals surface area contributed by atoms with Gasteiger partial charge in [0.25, 0.3) is 0 Å². The van der Waals surface area contributed by atoms with Gasteiger partial charge in [0, 0.05) is 13.0 Å². The molecule has 1 heterocycles. The first-order valence-electron chi connectivity index (χ1n) is 3.58. The smallest absolute Gasteiger partial charge is 0.179 e. The van der Waals surface area contributed by atoms with E-state index in [0.717, 1.165) is 11.3 Å². The van der Waals surface area contributed by atoms with Crippen molar-refractivity contribution >= 4 is 5.78 Å². The fourth-order valence-electron chi connectivity index (χ4n) is 0.890. The summed E-state index contributed by atoms with van der Waals surface area (Å²) >= 11 is 0. The van der Waals surface area contributed by atoms with E-state index in [1.54, 1.807) is 6.92 Å². The Morgan fingerprint density at radius 2 is 2.00 bits per heavy atom. The summed E-state index contributed by atoms with van der Waals surface area (Å²) in [4.78, 5) is 10.9. The Balaban J connectivity index is 0.00000121. The van der Waals surface area contributed by atoms with Crippen LogP contribution in [0.2, 0.25) is 0 Å². The van der Waals surface area contributed by atoms with Gasteiger partial charge in [0.2, 0.25) is 0 Å². The van der Waals surface area contributed by atoms with Crippen LogP contribution in [0.5, 0.6) is 0 Å². The lowest BCUT2D eigenvalue weighted by molar-refractivity contribution is -0.677. The molecule has 0 saturated heterocycles. The van der Waals surface area contributed by atoms with Crippen LogP contribution >= 0.6 is 0 Å². The van der Waals surface area contributed by atoms with Gasteiger partial charge in [0.05, 0.1) is 5.56 Å². The fraction of sp³-hybridized carbons (Fsp3) is 0.333. The van der Waals surface area contributed by atoms with Gasteiger partial charge in [0.1, 0.15) is 7.05 Å². The molecule has 0 aliphatic carbocycles. The van der Waals surface area contributed by atoms with Gasteiger partial charge in [-0.2, -0.15) is 0 Å². The summed E-state index contributed by atoms with van der Waals surface area (Å²) in [6, 6.07) is 3.79. The molecule has 0 aliphatic rings. The highest BCUT2D eigenvalue weighted by Crippen LogP contribution is 1.97. The molecule has 1 aromatic heterocycles. The fourth-order valence-corrected chi connectivity index (χ4v) is 0.890. The zero-order valence-corrected chi connectivity index (χ0v) is 9.05. The van der Waals surface area contributed by atoms with E-state index < -0.39 is 0 Å². The summed E-state index contributed by atoms with van der Waals surface area (Å²) in [5.41, 5.74) is 1.91. The minimum atomic E-state index is 0. The van der Waals surface area contributed by atoms with Gasteiger partial charge in [-0.3, -0.25) is 4.79 Å². The van der Waals surface area contributed by atoms with E-state index in [9.17, 15) is 4.79 Å². The van der Waals surface area contributed by atoms with Crippen LogP contribution in [0.1, 0.15) is 23.0 Å². The molecule has 0 N–H and O–H groups in total. The number of pyridine rings is 1. The van der Waals surface area contributed by atoms with E-state index in [1.807, 2.05) is 36.9 Å². The van der Waals surface area contributed by atoms with Crippen LogP contribution in [-0.4, -0.2) is 5.78 Å².